The van der Waals surface area contributed by atoms with Crippen LogP contribution in [0.3, 0.4) is 0 Å². The first kappa shape index (κ1) is 13.0. The number of hydrogen-bond acceptors (Lipinski definition) is 3. The monoisotopic (exact) mass is 221 g/mol. The molecule has 1 aromatic rings. The molecule has 3 heteroatoms. The van der Waals surface area contributed by atoms with E-state index in [0.29, 0.717) is 12.0 Å². The summed E-state index contributed by atoms with van der Waals surface area (Å²) in [6.45, 7) is 7.64. The third-order valence-corrected chi connectivity index (χ3v) is 3.18. The summed E-state index contributed by atoms with van der Waals surface area (Å²) in [5.41, 5.74) is 7.93. The van der Waals surface area contributed by atoms with Gasteiger partial charge < -0.3 is 11.1 Å². The van der Waals surface area contributed by atoms with Crippen LogP contribution < -0.4 is 11.1 Å². The molecule has 1 aromatic heterocycles. The SMILES string of the molecule is CCNC(Cc1cnccc1N)C(C)CC. The second-order valence-electron chi connectivity index (χ2n) is 4.33. The fraction of sp³-hybridized carbons (Fsp3) is 0.615. The molecule has 0 saturated heterocycles. The molecule has 1 rings (SSSR count). The molecule has 2 unspecified atom stereocenters. The quantitative estimate of drug-likeness (QED) is 0.774. The van der Waals surface area contributed by atoms with Gasteiger partial charge in [-0.3, -0.25) is 4.98 Å². The highest BCUT2D eigenvalue weighted by molar-refractivity contribution is 5.44. The smallest absolute Gasteiger partial charge is 0.0378 e. The van der Waals surface area contributed by atoms with Gasteiger partial charge in [-0.2, -0.15) is 0 Å². The van der Waals surface area contributed by atoms with Crippen LogP contribution in [0.15, 0.2) is 18.5 Å². The molecule has 0 spiro atoms. The van der Waals surface area contributed by atoms with E-state index in [2.05, 4.69) is 31.1 Å². The van der Waals surface area contributed by atoms with E-state index >= 15 is 0 Å². The average molecular weight is 221 g/mol. The van der Waals surface area contributed by atoms with Crippen molar-refractivity contribution in [1.29, 1.82) is 0 Å². The van der Waals surface area contributed by atoms with Crippen LogP contribution >= 0.6 is 0 Å². The second kappa shape index (κ2) is 6.48. The summed E-state index contributed by atoms with van der Waals surface area (Å²) < 4.78 is 0. The minimum Gasteiger partial charge on any atom is -0.398 e. The fourth-order valence-electron chi connectivity index (χ4n) is 1.87. The summed E-state index contributed by atoms with van der Waals surface area (Å²) in [6.07, 6.45) is 5.76. The Morgan fingerprint density at radius 2 is 2.19 bits per heavy atom. The van der Waals surface area contributed by atoms with E-state index in [1.807, 2.05) is 12.3 Å². The number of pyridine rings is 1. The molecule has 0 aliphatic rings. The molecule has 0 amide bonds. The van der Waals surface area contributed by atoms with Crippen LogP contribution in [0.25, 0.3) is 0 Å². The molecular weight excluding hydrogens is 198 g/mol. The van der Waals surface area contributed by atoms with Gasteiger partial charge in [-0.25, -0.2) is 0 Å². The van der Waals surface area contributed by atoms with Crippen molar-refractivity contribution in [2.75, 3.05) is 12.3 Å². The van der Waals surface area contributed by atoms with Crippen molar-refractivity contribution in [3.8, 4) is 0 Å². The van der Waals surface area contributed by atoms with Crippen LogP contribution in [0.2, 0.25) is 0 Å². The van der Waals surface area contributed by atoms with E-state index in [-0.39, 0.29) is 0 Å². The molecule has 0 radical (unpaired) electrons. The maximum Gasteiger partial charge on any atom is 0.0378 e. The summed E-state index contributed by atoms with van der Waals surface area (Å²) in [5.74, 6) is 0.652. The number of hydrogen-bond donors (Lipinski definition) is 2. The van der Waals surface area contributed by atoms with E-state index in [4.69, 9.17) is 5.73 Å². The van der Waals surface area contributed by atoms with E-state index in [1.165, 1.54) is 6.42 Å². The number of nitrogens with zero attached hydrogens (tertiary/aromatic N) is 1. The predicted octanol–water partition coefficient (Wildman–Crippen LogP) is 2.23. The van der Waals surface area contributed by atoms with Crippen LogP contribution in [-0.4, -0.2) is 17.6 Å². The molecule has 16 heavy (non-hydrogen) atoms. The molecule has 0 saturated carbocycles. The first-order valence-corrected chi connectivity index (χ1v) is 6.10. The third kappa shape index (κ3) is 3.49. The van der Waals surface area contributed by atoms with E-state index in [1.54, 1.807) is 6.20 Å². The van der Waals surface area contributed by atoms with Gasteiger partial charge in [-0.1, -0.05) is 27.2 Å². The molecule has 0 fully saturated rings. The summed E-state index contributed by atoms with van der Waals surface area (Å²) >= 11 is 0. The molecule has 90 valence electrons. The molecule has 0 aliphatic carbocycles. The van der Waals surface area contributed by atoms with Crippen molar-refractivity contribution in [2.45, 2.75) is 39.7 Å². The molecule has 0 aromatic carbocycles. The molecular formula is C13H23N3. The topological polar surface area (TPSA) is 50.9 Å². The highest BCUT2D eigenvalue weighted by atomic mass is 14.9. The Morgan fingerprint density at radius 1 is 1.44 bits per heavy atom. The first-order valence-electron chi connectivity index (χ1n) is 6.10. The minimum absolute atomic E-state index is 0.487. The maximum absolute atomic E-state index is 5.94. The normalized spacial score (nSPS) is 14.7. The van der Waals surface area contributed by atoms with Gasteiger partial charge in [0.05, 0.1) is 0 Å². The summed E-state index contributed by atoms with van der Waals surface area (Å²) in [6, 6.07) is 2.36. The summed E-state index contributed by atoms with van der Waals surface area (Å²) in [5, 5.41) is 3.53. The van der Waals surface area contributed by atoms with Gasteiger partial charge >= 0.3 is 0 Å². The van der Waals surface area contributed by atoms with Gasteiger partial charge in [0, 0.05) is 24.1 Å². The Labute approximate surface area is 98.5 Å². The number of nitrogen functional groups attached to an aromatic ring is 1. The molecule has 0 bridgehead atoms. The lowest BCUT2D eigenvalue weighted by atomic mass is 9.93. The average Bonchev–Trinajstić information content (AvgIpc) is 2.30. The molecule has 2 atom stereocenters. The predicted molar refractivity (Wildman–Crippen MR) is 69.3 cm³/mol. The van der Waals surface area contributed by atoms with Crippen molar-refractivity contribution < 1.29 is 0 Å². The molecule has 0 aliphatic heterocycles. The Morgan fingerprint density at radius 3 is 2.75 bits per heavy atom. The number of anilines is 1. The van der Waals surface area contributed by atoms with Crippen molar-refractivity contribution in [3.63, 3.8) is 0 Å². The lowest BCUT2D eigenvalue weighted by Crippen LogP contribution is -2.36. The summed E-state index contributed by atoms with van der Waals surface area (Å²) in [7, 11) is 0. The second-order valence-corrected chi connectivity index (χ2v) is 4.33. The standard InChI is InChI=1S/C13H23N3/c1-4-10(3)13(16-5-2)8-11-9-15-7-6-12(11)14/h6-7,9-10,13,16H,4-5,8H2,1-3H3,(H2,14,15). The largest absolute Gasteiger partial charge is 0.398 e. The zero-order chi connectivity index (χ0) is 12.0. The zero-order valence-corrected chi connectivity index (χ0v) is 10.5. The molecule has 1 heterocycles. The Bertz CT molecular complexity index is 312. The van der Waals surface area contributed by atoms with E-state index in [0.717, 1.165) is 24.2 Å². The highest BCUT2D eigenvalue weighted by Gasteiger charge is 2.16. The van der Waals surface area contributed by atoms with E-state index < -0.39 is 0 Å². The van der Waals surface area contributed by atoms with Crippen LogP contribution in [0.1, 0.15) is 32.8 Å². The summed E-state index contributed by atoms with van der Waals surface area (Å²) in [4.78, 5) is 4.14. The number of nitrogens with one attached hydrogen (secondary N) is 1. The Balaban J connectivity index is 2.71. The van der Waals surface area contributed by atoms with Crippen molar-refractivity contribution in [3.05, 3.63) is 24.0 Å². The zero-order valence-electron chi connectivity index (χ0n) is 10.5. The number of nitrogens with two attached hydrogens (primary N) is 1. The van der Waals surface area contributed by atoms with Gasteiger partial charge in [-0.15, -0.1) is 0 Å². The first-order chi connectivity index (χ1) is 7.69. The highest BCUT2D eigenvalue weighted by Crippen LogP contribution is 2.17. The van der Waals surface area contributed by atoms with Crippen molar-refractivity contribution >= 4 is 5.69 Å². The number of likely N-dealkylation sites (N-methyl/N-ethyl adjacent to an activating group) is 1. The van der Waals surface area contributed by atoms with Crippen LogP contribution in [0.4, 0.5) is 5.69 Å². The third-order valence-electron chi connectivity index (χ3n) is 3.18. The van der Waals surface area contributed by atoms with Crippen LogP contribution in [0.5, 0.6) is 0 Å². The van der Waals surface area contributed by atoms with Gasteiger partial charge in [0.15, 0.2) is 0 Å². The van der Waals surface area contributed by atoms with Gasteiger partial charge in [-0.05, 0) is 30.5 Å². The Hall–Kier alpha value is -1.09. The van der Waals surface area contributed by atoms with Crippen molar-refractivity contribution in [1.82, 2.24) is 10.3 Å². The van der Waals surface area contributed by atoms with Gasteiger partial charge in [0.25, 0.3) is 0 Å². The fourth-order valence-corrected chi connectivity index (χ4v) is 1.87. The van der Waals surface area contributed by atoms with Crippen LogP contribution in [0, 0.1) is 5.92 Å². The molecule has 3 nitrogen and oxygen atoms in total. The number of rotatable bonds is 6. The maximum atomic E-state index is 5.94. The minimum atomic E-state index is 0.487. The molecule has 3 N–H and O–H groups in total. The van der Waals surface area contributed by atoms with Gasteiger partial charge in [0.1, 0.15) is 0 Å². The van der Waals surface area contributed by atoms with Crippen molar-refractivity contribution in [2.24, 2.45) is 5.92 Å². The Kier molecular flexibility index (Phi) is 5.26. The van der Waals surface area contributed by atoms with Crippen LogP contribution in [-0.2, 0) is 6.42 Å². The lowest BCUT2D eigenvalue weighted by molar-refractivity contribution is 0.371. The van der Waals surface area contributed by atoms with E-state index in [9.17, 15) is 0 Å². The lowest BCUT2D eigenvalue weighted by Gasteiger charge is -2.24. The number of aromatic nitrogens is 1. The van der Waals surface area contributed by atoms with Gasteiger partial charge in [0.2, 0.25) is 0 Å².